The molecule has 10 heavy (non-hydrogen) atoms. The van der Waals surface area contributed by atoms with Gasteiger partial charge in [-0.15, -0.1) is 6.58 Å². The van der Waals surface area contributed by atoms with E-state index in [2.05, 4.69) is 18.5 Å². The highest BCUT2D eigenvalue weighted by Gasteiger charge is 1.85. The summed E-state index contributed by atoms with van der Waals surface area (Å²) in [6, 6.07) is 0. The van der Waals surface area contributed by atoms with E-state index in [9.17, 15) is 4.79 Å². The zero-order valence-corrected chi connectivity index (χ0v) is 6.68. The summed E-state index contributed by atoms with van der Waals surface area (Å²) in [6.07, 6.45) is 2.84. The van der Waals surface area contributed by atoms with Crippen molar-refractivity contribution >= 4 is 5.91 Å². The topological polar surface area (TPSA) is 29.1 Å². The summed E-state index contributed by atoms with van der Waals surface area (Å²) in [4.78, 5) is 10.3. The molecule has 0 bridgehead atoms. The fourth-order valence-corrected chi connectivity index (χ4v) is 0.245. The summed E-state index contributed by atoms with van der Waals surface area (Å²) in [5.74, 6) is -0.162. The molecule has 0 atom stereocenters. The van der Waals surface area contributed by atoms with Gasteiger partial charge in [-0.2, -0.15) is 0 Å². The summed E-state index contributed by atoms with van der Waals surface area (Å²) in [5.41, 5.74) is 0. The van der Waals surface area contributed by atoms with Crippen LogP contribution in [0.2, 0.25) is 0 Å². The molecule has 0 aromatic heterocycles. The average molecular weight is 141 g/mol. The molecule has 0 aromatic carbocycles. The van der Waals surface area contributed by atoms with E-state index < -0.39 is 0 Å². The second kappa shape index (κ2) is 10.8. The van der Waals surface area contributed by atoms with Gasteiger partial charge in [0, 0.05) is 6.54 Å². The molecular weight excluding hydrogens is 126 g/mol. The van der Waals surface area contributed by atoms with E-state index in [1.54, 1.807) is 6.08 Å². The first-order valence-electron chi connectivity index (χ1n) is 3.32. The van der Waals surface area contributed by atoms with Crippen molar-refractivity contribution in [3.05, 3.63) is 25.3 Å². The first-order chi connectivity index (χ1) is 4.81. The van der Waals surface area contributed by atoms with Crippen LogP contribution in [0.5, 0.6) is 0 Å². The molecule has 2 heteroatoms. The highest BCUT2D eigenvalue weighted by Crippen LogP contribution is 1.64. The number of hydrogen-bond donors (Lipinski definition) is 1. The lowest BCUT2D eigenvalue weighted by atomic mass is 10.5. The number of carbonyl (C=O) groups excluding carboxylic acids is 1. The molecule has 0 rings (SSSR count). The number of nitrogens with one attached hydrogen (secondary N) is 1. The van der Waals surface area contributed by atoms with Crippen LogP contribution in [0.1, 0.15) is 13.8 Å². The molecule has 0 aliphatic heterocycles. The van der Waals surface area contributed by atoms with E-state index in [1.807, 2.05) is 13.8 Å². The lowest BCUT2D eigenvalue weighted by molar-refractivity contribution is -0.116. The lowest BCUT2D eigenvalue weighted by Gasteiger charge is -1.91. The number of carbonyl (C=O) groups is 1. The van der Waals surface area contributed by atoms with Crippen molar-refractivity contribution in [2.24, 2.45) is 0 Å². The average Bonchev–Trinajstić information content (AvgIpc) is 2.04. The van der Waals surface area contributed by atoms with Crippen LogP contribution in [-0.2, 0) is 4.79 Å². The summed E-state index contributed by atoms with van der Waals surface area (Å²) in [5, 5.41) is 2.51. The number of hydrogen-bond acceptors (Lipinski definition) is 1. The Morgan fingerprint density at radius 2 is 2.00 bits per heavy atom. The van der Waals surface area contributed by atoms with Gasteiger partial charge in [-0.1, -0.05) is 26.5 Å². The normalized spacial score (nSPS) is 6.60. The second-order valence-electron chi connectivity index (χ2n) is 1.24. The Hall–Kier alpha value is -1.05. The number of amides is 1. The predicted molar refractivity (Wildman–Crippen MR) is 44.8 cm³/mol. The van der Waals surface area contributed by atoms with Crippen LogP contribution in [0, 0.1) is 0 Å². The molecule has 0 aliphatic rings. The van der Waals surface area contributed by atoms with Crippen molar-refractivity contribution in [3.63, 3.8) is 0 Å². The minimum absolute atomic E-state index is 0.162. The summed E-state index contributed by atoms with van der Waals surface area (Å²) in [6.45, 7) is 11.2. The van der Waals surface area contributed by atoms with E-state index in [1.165, 1.54) is 6.08 Å². The quantitative estimate of drug-likeness (QED) is 0.468. The van der Waals surface area contributed by atoms with E-state index in [4.69, 9.17) is 0 Å². The van der Waals surface area contributed by atoms with Crippen molar-refractivity contribution in [1.29, 1.82) is 0 Å². The van der Waals surface area contributed by atoms with Crippen LogP contribution in [0.3, 0.4) is 0 Å². The van der Waals surface area contributed by atoms with Gasteiger partial charge < -0.3 is 5.32 Å². The van der Waals surface area contributed by atoms with Crippen molar-refractivity contribution < 1.29 is 4.79 Å². The molecule has 0 aliphatic carbocycles. The van der Waals surface area contributed by atoms with E-state index in [0.29, 0.717) is 6.54 Å². The zero-order chi connectivity index (χ0) is 8.41. The Labute approximate surface area is 62.6 Å². The summed E-state index contributed by atoms with van der Waals surface area (Å²) >= 11 is 0. The Morgan fingerprint density at radius 3 is 2.30 bits per heavy atom. The van der Waals surface area contributed by atoms with Crippen LogP contribution in [-0.4, -0.2) is 12.5 Å². The Bertz CT molecular complexity index is 108. The molecule has 0 aromatic rings. The van der Waals surface area contributed by atoms with Gasteiger partial charge in [0.2, 0.25) is 5.91 Å². The Kier molecular flexibility index (Phi) is 12.7. The summed E-state index contributed by atoms with van der Waals surface area (Å²) < 4.78 is 0. The van der Waals surface area contributed by atoms with Crippen molar-refractivity contribution in [3.8, 4) is 0 Å². The highest BCUT2D eigenvalue weighted by atomic mass is 16.1. The van der Waals surface area contributed by atoms with Crippen LogP contribution in [0.15, 0.2) is 25.3 Å². The molecule has 2 nitrogen and oxygen atoms in total. The Balaban J connectivity index is 0. The maximum Gasteiger partial charge on any atom is 0.243 e. The molecule has 58 valence electrons. The van der Waals surface area contributed by atoms with Gasteiger partial charge in [0.15, 0.2) is 0 Å². The first-order valence-corrected chi connectivity index (χ1v) is 3.32. The molecule has 0 spiro atoms. The van der Waals surface area contributed by atoms with E-state index in [-0.39, 0.29) is 5.91 Å². The molecule has 0 heterocycles. The maximum absolute atomic E-state index is 10.3. The fourth-order valence-electron chi connectivity index (χ4n) is 0.245. The van der Waals surface area contributed by atoms with E-state index in [0.717, 1.165) is 0 Å². The van der Waals surface area contributed by atoms with Crippen LogP contribution >= 0.6 is 0 Å². The third-order valence-corrected chi connectivity index (χ3v) is 0.606. The molecule has 0 unspecified atom stereocenters. The molecule has 1 N–H and O–H groups in total. The third kappa shape index (κ3) is 10.0. The SMILES string of the molecule is C=CCNC(=O)C=C.CC. The van der Waals surface area contributed by atoms with Crippen molar-refractivity contribution in [2.45, 2.75) is 13.8 Å². The lowest BCUT2D eigenvalue weighted by Crippen LogP contribution is -2.19. The minimum atomic E-state index is -0.162. The molecule has 0 radical (unpaired) electrons. The van der Waals surface area contributed by atoms with Gasteiger partial charge in [-0.3, -0.25) is 4.79 Å². The van der Waals surface area contributed by atoms with Gasteiger partial charge in [-0.05, 0) is 6.08 Å². The minimum Gasteiger partial charge on any atom is -0.349 e. The monoisotopic (exact) mass is 141 g/mol. The maximum atomic E-state index is 10.3. The zero-order valence-electron chi connectivity index (χ0n) is 6.68. The third-order valence-electron chi connectivity index (χ3n) is 0.606. The van der Waals surface area contributed by atoms with Crippen LogP contribution in [0.25, 0.3) is 0 Å². The van der Waals surface area contributed by atoms with Gasteiger partial charge >= 0.3 is 0 Å². The highest BCUT2D eigenvalue weighted by molar-refractivity contribution is 5.86. The molecule has 0 saturated carbocycles. The fraction of sp³-hybridized carbons (Fsp3) is 0.375. The molecule has 0 saturated heterocycles. The van der Waals surface area contributed by atoms with Gasteiger partial charge in [0.05, 0.1) is 0 Å². The van der Waals surface area contributed by atoms with Crippen LogP contribution < -0.4 is 5.32 Å². The smallest absolute Gasteiger partial charge is 0.243 e. The predicted octanol–water partition coefficient (Wildman–Crippen LogP) is 1.50. The molecular formula is C8H15NO. The first kappa shape index (κ1) is 11.7. The molecule has 1 amide bonds. The Morgan fingerprint density at radius 1 is 1.50 bits per heavy atom. The number of rotatable bonds is 3. The molecule has 0 fully saturated rings. The standard InChI is InChI=1S/C6H9NO.C2H6/c1-3-5-7-6(8)4-2;1-2/h3-4H,1-2,5H2,(H,7,8);1-2H3. The van der Waals surface area contributed by atoms with E-state index >= 15 is 0 Å². The van der Waals surface area contributed by atoms with Crippen molar-refractivity contribution in [2.75, 3.05) is 6.54 Å². The van der Waals surface area contributed by atoms with Crippen molar-refractivity contribution in [1.82, 2.24) is 5.32 Å². The van der Waals surface area contributed by atoms with Gasteiger partial charge in [-0.25, -0.2) is 0 Å². The largest absolute Gasteiger partial charge is 0.349 e. The van der Waals surface area contributed by atoms with Gasteiger partial charge in [0.25, 0.3) is 0 Å². The van der Waals surface area contributed by atoms with Gasteiger partial charge in [0.1, 0.15) is 0 Å². The second-order valence-corrected chi connectivity index (χ2v) is 1.24. The summed E-state index contributed by atoms with van der Waals surface area (Å²) in [7, 11) is 0. The van der Waals surface area contributed by atoms with Crippen LogP contribution in [0.4, 0.5) is 0 Å².